The van der Waals surface area contributed by atoms with Gasteiger partial charge in [0.1, 0.15) is 5.82 Å². The maximum absolute atomic E-state index is 11.2. The molecule has 1 N–H and O–H groups in total. The van der Waals surface area contributed by atoms with Crippen LogP contribution >= 0.6 is 15.9 Å². The van der Waals surface area contributed by atoms with E-state index in [1.807, 2.05) is 6.07 Å². The van der Waals surface area contributed by atoms with E-state index >= 15 is 0 Å². The molecule has 0 spiro atoms. The Hall–Kier alpha value is -1.82. The number of halogens is 1. The standard InChI is InChI=1S/C11H7BrN2O3/c12-7-3-6(4-8-10(7)17-5-16-8)11-13-2-1-9(15)14-11/h1-4H,5H2,(H,13,14,15). The van der Waals surface area contributed by atoms with Gasteiger partial charge in [-0.05, 0) is 28.1 Å². The average Bonchev–Trinajstić information content (AvgIpc) is 2.77. The molecule has 5 nitrogen and oxygen atoms in total. The molecule has 2 aromatic rings. The molecule has 0 fully saturated rings. The van der Waals surface area contributed by atoms with Crippen molar-refractivity contribution in [2.45, 2.75) is 0 Å². The molecule has 2 heterocycles. The first-order valence-electron chi connectivity index (χ1n) is 4.89. The molecule has 17 heavy (non-hydrogen) atoms. The van der Waals surface area contributed by atoms with Gasteiger partial charge in [0.25, 0.3) is 5.56 Å². The van der Waals surface area contributed by atoms with Crippen molar-refractivity contribution in [1.29, 1.82) is 0 Å². The van der Waals surface area contributed by atoms with Crippen LogP contribution in [0.4, 0.5) is 0 Å². The van der Waals surface area contributed by atoms with Crippen LogP contribution in [-0.2, 0) is 0 Å². The van der Waals surface area contributed by atoms with Crippen molar-refractivity contribution in [3.63, 3.8) is 0 Å². The van der Waals surface area contributed by atoms with Crippen LogP contribution in [0.3, 0.4) is 0 Å². The van der Waals surface area contributed by atoms with Gasteiger partial charge in [-0.1, -0.05) is 0 Å². The summed E-state index contributed by atoms with van der Waals surface area (Å²) in [6.07, 6.45) is 1.46. The van der Waals surface area contributed by atoms with Crippen LogP contribution in [0.25, 0.3) is 11.4 Å². The van der Waals surface area contributed by atoms with Gasteiger partial charge in [-0.25, -0.2) is 4.98 Å². The second-order valence-corrected chi connectivity index (χ2v) is 4.33. The molecule has 0 amide bonds. The molecule has 0 saturated carbocycles. The van der Waals surface area contributed by atoms with Crippen LogP contribution in [0.2, 0.25) is 0 Å². The zero-order chi connectivity index (χ0) is 11.8. The second kappa shape index (κ2) is 3.89. The van der Waals surface area contributed by atoms with Crippen molar-refractivity contribution >= 4 is 15.9 Å². The van der Waals surface area contributed by atoms with Crippen molar-refractivity contribution in [2.75, 3.05) is 6.79 Å². The Balaban J connectivity index is 2.16. The third-order valence-corrected chi connectivity index (χ3v) is 2.96. The van der Waals surface area contributed by atoms with Crippen LogP contribution in [0.1, 0.15) is 0 Å². The maximum atomic E-state index is 11.2. The highest BCUT2D eigenvalue weighted by Crippen LogP contribution is 2.41. The van der Waals surface area contributed by atoms with E-state index in [0.29, 0.717) is 17.3 Å². The topological polar surface area (TPSA) is 64.2 Å². The molecule has 1 aromatic heterocycles. The summed E-state index contributed by atoms with van der Waals surface area (Å²) in [6, 6.07) is 4.97. The van der Waals surface area contributed by atoms with Crippen molar-refractivity contribution in [1.82, 2.24) is 9.97 Å². The Bertz CT molecular complexity index is 639. The molecule has 6 heteroatoms. The predicted molar refractivity (Wildman–Crippen MR) is 64.1 cm³/mol. The fourth-order valence-electron chi connectivity index (χ4n) is 1.62. The third kappa shape index (κ3) is 1.80. The number of hydrogen-bond acceptors (Lipinski definition) is 4. The highest BCUT2D eigenvalue weighted by molar-refractivity contribution is 9.10. The van der Waals surface area contributed by atoms with E-state index in [2.05, 4.69) is 25.9 Å². The summed E-state index contributed by atoms with van der Waals surface area (Å²) in [5, 5.41) is 0. The van der Waals surface area contributed by atoms with Crippen LogP contribution in [0.15, 0.2) is 33.7 Å². The Morgan fingerprint density at radius 3 is 3.06 bits per heavy atom. The van der Waals surface area contributed by atoms with Crippen LogP contribution in [0.5, 0.6) is 11.5 Å². The number of benzene rings is 1. The Labute approximate surface area is 105 Å². The largest absolute Gasteiger partial charge is 0.454 e. The van der Waals surface area contributed by atoms with Crippen molar-refractivity contribution in [3.8, 4) is 22.9 Å². The lowest BCUT2D eigenvalue weighted by atomic mass is 10.2. The summed E-state index contributed by atoms with van der Waals surface area (Å²) in [5.41, 5.74) is 0.572. The van der Waals surface area contributed by atoms with Gasteiger partial charge >= 0.3 is 0 Å². The number of nitrogens with one attached hydrogen (secondary N) is 1. The van der Waals surface area contributed by atoms with E-state index in [0.717, 1.165) is 10.0 Å². The Morgan fingerprint density at radius 1 is 1.35 bits per heavy atom. The lowest BCUT2D eigenvalue weighted by molar-refractivity contribution is 0.173. The minimum Gasteiger partial charge on any atom is -0.454 e. The lowest BCUT2D eigenvalue weighted by Gasteiger charge is -2.04. The molecule has 3 rings (SSSR count). The third-order valence-electron chi connectivity index (χ3n) is 2.37. The first-order chi connectivity index (χ1) is 8.24. The van der Waals surface area contributed by atoms with Gasteiger partial charge in [0.05, 0.1) is 4.47 Å². The van der Waals surface area contributed by atoms with E-state index in [-0.39, 0.29) is 12.4 Å². The summed E-state index contributed by atoms with van der Waals surface area (Å²) in [5.74, 6) is 1.81. The fourth-order valence-corrected chi connectivity index (χ4v) is 2.18. The minimum atomic E-state index is -0.191. The summed E-state index contributed by atoms with van der Waals surface area (Å²) < 4.78 is 11.4. The van der Waals surface area contributed by atoms with Gasteiger partial charge < -0.3 is 14.5 Å². The fraction of sp³-hybridized carbons (Fsp3) is 0.0909. The van der Waals surface area contributed by atoms with Gasteiger partial charge in [0.15, 0.2) is 11.5 Å². The molecule has 0 bridgehead atoms. The molecule has 0 radical (unpaired) electrons. The second-order valence-electron chi connectivity index (χ2n) is 3.47. The molecule has 0 atom stereocenters. The number of rotatable bonds is 1. The highest BCUT2D eigenvalue weighted by atomic mass is 79.9. The van der Waals surface area contributed by atoms with Gasteiger partial charge in [-0.3, -0.25) is 4.79 Å². The van der Waals surface area contributed by atoms with E-state index in [1.54, 1.807) is 6.07 Å². The Morgan fingerprint density at radius 2 is 2.24 bits per heavy atom. The normalized spacial score (nSPS) is 12.8. The van der Waals surface area contributed by atoms with Crippen molar-refractivity contribution in [2.24, 2.45) is 0 Å². The average molecular weight is 295 g/mol. The summed E-state index contributed by atoms with van der Waals surface area (Å²) in [4.78, 5) is 18.0. The summed E-state index contributed by atoms with van der Waals surface area (Å²) >= 11 is 3.39. The molecular formula is C11H7BrN2O3. The van der Waals surface area contributed by atoms with Crippen LogP contribution in [-0.4, -0.2) is 16.8 Å². The zero-order valence-electron chi connectivity index (χ0n) is 8.57. The number of hydrogen-bond donors (Lipinski definition) is 1. The van der Waals surface area contributed by atoms with Gasteiger partial charge in [-0.2, -0.15) is 0 Å². The van der Waals surface area contributed by atoms with E-state index in [4.69, 9.17) is 9.47 Å². The Kier molecular flexibility index (Phi) is 2.36. The molecule has 0 aliphatic carbocycles. The quantitative estimate of drug-likeness (QED) is 0.873. The maximum Gasteiger partial charge on any atom is 0.251 e. The number of ether oxygens (including phenoxy) is 2. The van der Waals surface area contributed by atoms with Crippen LogP contribution < -0.4 is 15.0 Å². The monoisotopic (exact) mass is 294 g/mol. The lowest BCUT2D eigenvalue weighted by Crippen LogP contribution is -2.05. The molecule has 1 aliphatic rings. The number of fused-ring (bicyclic) bond motifs is 1. The summed E-state index contributed by atoms with van der Waals surface area (Å²) in [7, 11) is 0. The first-order valence-corrected chi connectivity index (χ1v) is 5.68. The van der Waals surface area contributed by atoms with Crippen LogP contribution in [0, 0.1) is 0 Å². The first kappa shape index (κ1) is 10.3. The van der Waals surface area contributed by atoms with Crippen molar-refractivity contribution in [3.05, 3.63) is 39.2 Å². The minimum absolute atomic E-state index is 0.191. The highest BCUT2D eigenvalue weighted by Gasteiger charge is 2.18. The number of H-pyrrole nitrogens is 1. The van der Waals surface area contributed by atoms with Gasteiger partial charge in [0, 0.05) is 17.8 Å². The number of aromatic amines is 1. The van der Waals surface area contributed by atoms with E-state index in [1.165, 1.54) is 12.3 Å². The zero-order valence-corrected chi connectivity index (χ0v) is 10.2. The molecule has 1 aliphatic heterocycles. The number of aromatic nitrogens is 2. The van der Waals surface area contributed by atoms with E-state index < -0.39 is 0 Å². The SMILES string of the molecule is O=c1ccnc(-c2cc(Br)c3c(c2)OCO3)[nH]1. The van der Waals surface area contributed by atoms with Gasteiger partial charge in [0.2, 0.25) is 6.79 Å². The smallest absolute Gasteiger partial charge is 0.251 e. The van der Waals surface area contributed by atoms with Crippen molar-refractivity contribution < 1.29 is 9.47 Å². The molecule has 86 valence electrons. The summed E-state index contributed by atoms with van der Waals surface area (Å²) in [6.45, 7) is 0.204. The molecule has 0 saturated heterocycles. The molecular weight excluding hydrogens is 288 g/mol. The molecule has 0 unspecified atom stereocenters. The van der Waals surface area contributed by atoms with E-state index in [9.17, 15) is 4.79 Å². The number of nitrogens with zero attached hydrogens (tertiary/aromatic N) is 1. The molecule has 1 aromatic carbocycles. The predicted octanol–water partition coefficient (Wildman–Crippen LogP) is 1.93. The van der Waals surface area contributed by atoms with Gasteiger partial charge in [-0.15, -0.1) is 0 Å².